The van der Waals surface area contributed by atoms with Gasteiger partial charge in [-0.15, -0.1) is 0 Å². The van der Waals surface area contributed by atoms with Crippen LogP contribution in [-0.4, -0.2) is 12.6 Å². The Kier molecular flexibility index (Phi) is 5.58. The molecule has 0 atom stereocenters. The standard InChI is InChI=1S/C19H25N3/c1-15(2)19(14-20-3)11-9-18(10-12-19)22-13-16-5-7-17(21-4)8-6-16/h5-8,15,18,22H,9-14H2,1-2H3. The first-order chi connectivity index (χ1) is 10.6. The Bertz CT molecular complexity index is 552. The molecule has 0 heterocycles. The number of hydrogen-bond donors (Lipinski definition) is 1. The summed E-state index contributed by atoms with van der Waals surface area (Å²) in [5.74, 6) is 0.587. The van der Waals surface area contributed by atoms with Crippen LogP contribution in [0, 0.1) is 24.5 Å². The molecule has 0 aliphatic heterocycles. The molecule has 3 heteroatoms. The summed E-state index contributed by atoms with van der Waals surface area (Å²) in [5.41, 5.74) is 2.16. The third kappa shape index (κ3) is 3.87. The highest BCUT2D eigenvalue weighted by Crippen LogP contribution is 2.42. The van der Waals surface area contributed by atoms with Crippen LogP contribution >= 0.6 is 0 Å². The van der Waals surface area contributed by atoms with Crippen molar-refractivity contribution in [3.8, 4) is 0 Å². The smallest absolute Gasteiger partial charge is 0.220 e. The van der Waals surface area contributed by atoms with Gasteiger partial charge in [0.05, 0.1) is 6.57 Å². The van der Waals surface area contributed by atoms with Crippen LogP contribution in [0.4, 0.5) is 5.69 Å². The van der Waals surface area contributed by atoms with Crippen LogP contribution in [0.3, 0.4) is 0 Å². The Morgan fingerprint density at radius 1 is 1.18 bits per heavy atom. The summed E-state index contributed by atoms with van der Waals surface area (Å²) in [5, 5.41) is 3.64. The van der Waals surface area contributed by atoms with E-state index < -0.39 is 0 Å². The van der Waals surface area contributed by atoms with Crippen molar-refractivity contribution >= 4 is 5.69 Å². The van der Waals surface area contributed by atoms with Crippen LogP contribution in [0.5, 0.6) is 0 Å². The van der Waals surface area contributed by atoms with E-state index >= 15 is 0 Å². The predicted molar refractivity (Wildman–Crippen MR) is 90.5 cm³/mol. The van der Waals surface area contributed by atoms with E-state index in [-0.39, 0.29) is 5.41 Å². The molecule has 0 unspecified atom stereocenters. The van der Waals surface area contributed by atoms with Gasteiger partial charge in [-0.2, -0.15) is 0 Å². The lowest BCUT2D eigenvalue weighted by Crippen LogP contribution is -2.41. The average Bonchev–Trinajstić information content (AvgIpc) is 2.55. The summed E-state index contributed by atoms with van der Waals surface area (Å²) < 4.78 is 0. The van der Waals surface area contributed by atoms with E-state index in [0.717, 1.165) is 32.2 Å². The van der Waals surface area contributed by atoms with Gasteiger partial charge in [0.2, 0.25) is 6.54 Å². The zero-order valence-electron chi connectivity index (χ0n) is 13.6. The van der Waals surface area contributed by atoms with Gasteiger partial charge in [-0.3, -0.25) is 0 Å². The third-order valence-electron chi connectivity index (χ3n) is 5.26. The summed E-state index contributed by atoms with van der Waals surface area (Å²) in [6.07, 6.45) is 4.63. The molecule has 0 bridgehead atoms. The Hall–Kier alpha value is -1.84. The van der Waals surface area contributed by atoms with Crippen molar-refractivity contribution in [2.24, 2.45) is 11.3 Å². The molecule has 1 aromatic carbocycles. The molecule has 22 heavy (non-hydrogen) atoms. The van der Waals surface area contributed by atoms with Crippen molar-refractivity contribution in [3.05, 3.63) is 52.7 Å². The van der Waals surface area contributed by atoms with Crippen LogP contribution in [0.2, 0.25) is 0 Å². The Morgan fingerprint density at radius 3 is 2.32 bits per heavy atom. The number of nitrogens with zero attached hydrogens (tertiary/aromatic N) is 2. The molecule has 3 nitrogen and oxygen atoms in total. The maximum atomic E-state index is 7.22. The summed E-state index contributed by atoms with van der Waals surface area (Å²) >= 11 is 0. The monoisotopic (exact) mass is 295 g/mol. The normalized spacial score (nSPS) is 24.7. The third-order valence-corrected chi connectivity index (χ3v) is 5.26. The molecule has 0 aromatic heterocycles. The largest absolute Gasteiger partial charge is 0.316 e. The quantitative estimate of drug-likeness (QED) is 0.772. The van der Waals surface area contributed by atoms with Crippen LogP contribution in [0.1, 0.15) is 45.1 Å². The van der Waals surface area contributed by atoms with Gasteiger partial charge in [0.15, 0.2) is 5.69 Å². The second kappa shape index (κ2) is 7.43. The van der Waals surface area contributed by atoms with Gasteiger partial charge in [0.1, 0.15) is 0 Å². The molecular weight excluding hydrogens is 270 g/mol. The van der Waals surface area contributed by atoms with Gasteiger partial charge in [0.25, 0.3) is 0 Å². The SMILES string of the molecule is [C-]#[N+]CC1(C(C)C)CCC(NCc2ccc([N+]#[C-])cc2)CC1. The minimum Gasteiger partial charge on any atom is -0.316 e. The number of rotatable bonds is 5. The molecule has 1 saturated carbocycles. The lowest BCUT2D eigenvalue weighted by Gasteiger charge is -2.40. The van der Waals surface area contributed by atoms with E-state index in [0.29, 0.717) is 24.2 Å². The average molecular weight is 295 g/mol. The van der Waals surface area contributed by atoms with Crippen LogP contribution < -0.4 is 5.32 Å². The summed E-state index contributed by atoms with van der Waals surface area (Å²) in [4.78, 5) is 7.11. The molecule has 1 fully saturated rings. The van der Waals surface area contributed by atoms with Crippen molar-refractivity contribution in [3.63, 3.8) is 0 Å². The maximum Gasteiger partial charge on any atom is 0.220 e. The summed E-state index contributed by atoms with van der Waals surface area (Å²) in [7, 11) is 0. The van der Waals surface area contributed by atoms with Gasteiger partial charge >= 0.3 is 0 Å². The van der Waals surface area contributed by atoms with Crippen molar-refractivity contribution in [1.82, 2.24) is 5.32 Å². The maximum absolute atomic E-state index is 7.22. The fourth-order valence-corrected chi connectivity index (χ4v) is 3.42. The van der Waals surface area contributed by atoms with E-state index in [9.17, 15) is 0 Å². The zero-order valence-corrected chi connectivity index (χ0v) is 13.6. The fourth-order valence-electron chi connectivity index (χ4n) is 3.42. The van der Waals surface area contributed by atoms with Gasteiger partial charge in [-0.1, -0.05) is 38.1 Å². The molecule has 1 N–H and O–H groups in total. The first kappa shape index (κ1) is 16.5. The van der Waals surface area contributed by atoms with Gasteiger partial charge in [-0.05, 0) is 37.2 Å². The summed E-state index contributed by atoms with van der Waals surface area (Å²) in [6, 6.07) is 8.37. The first-order valence-corrected chi connectivity index (χ1v) is 8.12. The van der Waals surface area contributed by atoms with Gasteiger partial charge in [0, 0.05) is 18.0 Å². The highest BCUT2D eigenvalue weighted by atomic mass is 14.9. The van der Waals surface area contributed by atoms with Crippen molar-refractivity contribution in [2.75, 3.05) is 6.54 Å². The number of hydrogen-bond acceptors (Lipinski definition) is 1. The van der Waals surface area contributed by atoms with E-state index in [2.05, 4.69) is 28.9 Å². The van der Waals surface area contributed by atoms with E-state index in [4.69, 9.17) is 13.1 Å². The van der Waals surface area contributed by atoms with E-state index in [1.165, 1.54) is 5.56 Å². The zero-order chi connectivity index (χ0) is 16.0. The Labute approximate surface area is 134 Å². The molecule has 1 aliphatic carbocycles. The molecule has 0 spiro atoms. The van der Waals surface area contributed by atoms with Crippen LogP contribution in [0.25, 0.3) is 9.69 Å². The molecule has 2 rings (SSSR count). The van der Waals surface area contributed by atoms with E-state index in [1.54, 1.807) is 0 Å². The second-order valence-corrected chi connectivity index (χ2v) is 6.77. The Balaban J connectivity index is 1.84. The van der Waals surface area contributed by atoms with Gasteiger partial charge in [-0.25, -0.2) is 11.4 Å². The molecule has 0 saturated heterocycles. The second-order valence-electron chi connectivity index (χ2n) is 6.77. The highest BCUT2D eigenvalue weighted by molar-refractivity contribution is 5.45. The molecular formula is C19H25N3. The minimum absolute atomic E-state index is 0.233. The molecule has 0 radical (unpaired) electrons. The van der Waals surface area contributed by atoms with Crippen molar-refractivity contribution < 1.29 is 0 Å². The molecule has 1 aliphatic rings. The lowest BCUT2D eigenvalue weighted by molar-refractivity contribution is 0.119. The van der Waals surface area contributed by atoms with E-state index in [1.807, 2.05) is 24.3 Å². The van der Waals surface area contributed by atoms with Crippen LogP contribution in [-0.2, 0) is 6.54 Å². The highest BCUT2D eigenvalue weighted by Gasteiger charge is 2.40. The molecule has 1 aromatic rings. The molecule has 116 valence electrons. The van der Waals surface area contributed by atoms with Crippen molar-refractivity contribution in [1.29, 1.82) is 0 Å². The topological polar surface area (TPSA) is 20.8 Å². The lowest BCUT2D eigenvalue weighted by atomic mass is 9.66. The van der Waals surface area contributed by atoms with Crippen LogP contribution in [0.15, 0.2) is 24.3 Å². The number of nitrogens with one attached hydrogen (secondary N) is 1. The fraction of sp³-hybridized carbons (Fsp3) is 0.579. The minimum atomic E-state index is 0.233. The summed E-state index contributed by atoms with van der Waals surface area (Å²) in [6.45, 7) is 20.3. The Morgan fingerprint density at radius 2 is 1.82 bits per heavy atom. The molecule has 0 amide bonds. The first-order valence-electron chi connectivity index (χ1n) is 8.12. The number of benzene rings is 1. The van der Waals surface area contributed by atoms with Gasteiger partial charge < -0.3 is 10.2 Å². The van der Waals surface area contributed by atoms with Crippen molar-refractivity contribution in [2.45, 2.75) is 52.1 Å². The predicted octanol–water partition coefficient (Wildman–Crippen LogP) is 4.83.